The molecule has 1 aromatic carbocycles. The van der Waals surface area contributed by atoms with E-state index in [9.17, 15) is 10.1 Å². The van der Waals surface area contributed by atoms with Crippen LogP contribution in [0, 0.1) is 10.1 Å². The Labute approximate surface area is 117 Å². The smallest absolute Gasteiger partial charge is 0.293 e. The zero-order chi connectivity index (χ0) is 13.8. The normalized spacial score (nSPS) is 23.1. The number of hydrogen-bond acceptors (Lipinski definition) is 4. The van der Waals surface area contributed by atoms with Gasteiger partial charge in [-0.25, -0.2) is 0 Å². The van der Waals surface area contributed by atoms with Gasteiger partial charge in [0.2, 0.25) is 0 Å². The number of nitro groups is 1. The lowest BCUT2D eigenvalue weighted by Crippen LogP contribution is -2.33. The summed E-state index contributed by atoms with van der Waals surface area (Å²) in [4.78, 5) is 10.6. The Morgan fingerprint density at radius 3 is 3.05 bits per heavy atom. The first-order valence-electron chi connectivity index (χ1n) is 6.42. The van der Waals surface area contributed by atoms with Crippen LogP contribution in [0.15, 0.2) is 18.2 Å². The van der Waals surface area contributed by atoms with Gasteiger partial charge in [0.05, 0.1) is 11.0 Å². The molecule has 1 saturated heterocycles. The SMILES string of the molecule is CCC1CC(Nc2ccc(Cl)cc2[N+](=O)[O-])CCO1. The number of ether oxygens (including phenoxy) is 1. The van der Waals surface area contributed by atoms with E-state index in [1.54, 1.807) is 12.1 Å². The number of hydrogen-bond donors (Lipinski definition) is 1. The monoisotopic (exact) mass is 284 g/mol. The van der Waals surface area contributed by atoms with Gasteiger partial charge in [-0.2, -0.15) is 0 Å². The lowest BCUT2D eigenvalue weighted by Gasteiger charge is -2.30. The quantitative estimate of drug-likeness (QED) is 0.677. The predicted octanol–water partition coefficient (Wildman–Crippen LogP) is 3.62. The highest BCUT2D eigenvalue weighted by atomic mass is 35.5. The summed E-state index contributed by atoms with van der Waals surface area (Å²) in [7, 11) is 0. The zero-order valence-corrected chi connectivity index (χ0v) is 11.5. The minimum Gasteiger partial charge on any atom is -0.378 e. The first kappa shape index (κ1) is 14.1. The van der Waals surface area contributed by atoms with E-state index < -0.39 is 4.92 Å². The van der Waals surface area contributed by atoms with E-state index in [0.717, 1.165) is 19.3 Å². The topological polar surface area (TPSA) is 64.4 Å². The van der Waals surface area contributed by atoms with Crippen molar-refractivity contribution in [2.75, 3.05) is 11.9 Å². The van der Waals surface area contributed by atoms with E-state index in [1.807, 2.05) is 0 Å². The van der Waals surface area contributed by atoms with E-state index in [1.165, 1.54) is 6.07 Å². The van der Waals surface area contributed by atoms with Gasteiger partial charge in [0.15, 0.2) is 0 Å². The van der Waals surface area contributed by atoms with Gasteiger partial charge in [-0.3, -0.25) is 10.1 Å². The first-order valence-corrected chi connectivity index (χ1v) is 6.80. The maximum absolute atomic E-state index is 11.0. The maximum atomic E-state index is 11.0. The second kappa shape index (κ2) is 6.21. The van der Waals surface area contributed by atoms with Crippen LogP contribution in [0.3, 0.4) is 0 Å². The van der Waals surface area contributed by atoms with Gasteiger partial charge in [0.25, 0.3) is 5.69 Å². The fourth-order valence-corrected chi connectivity index (χ4v) is 2.46. The van der Waals surface area contributed by atoms with Crippen LogP contribution in [0.25, 0.3) is 0 Å². The third-order valence-corrected chi connectivity index (χ3v) is 3.57. The van der Waals surface area contributed by atoms with Crippen molar-refractivity contribution in [2.24, 2.45) is 0 Å². The van der Waals surface area contributed by atoms with E-state index in [4.69, 9.17) is 16.3 Å². The lowest BCUT2D eigenvalue weighted by molar-refractivity contribution is -0.384. The van der Waals surface area contributed by atoms with Gasteiger partial charge in [0, 0.05) is 23.7 Å². The predicted molar refractivity (Wildman–Crippen MR) is 74.8 cm³/mol. The number of nitrogens with zero attached hydrogens (tertiary/aromatic N) is 1. The van der Waals surface area contributed by atoms with Gasteiger partial charge >= 0.3 is 0 Å². The van der Waals surface area contributed by atoms with Crippen LogP contribution >= 0.6 is 11.6 Å². The van der Waals surface area contributed by atoms with Crippen LogP contribution in [-0.4, -0.2) is 23.7 Å². The molecule has 0 spiro atoms. The van der Waals surface area contributed by atoms with Crippen molar-refractivity contribution < 1.29 is 9.66 Å². The number of halogens is 1. The molecule has 1 fully saturated rings. The van der Waals surface area contributed by atoms with E-state index >= 15 is 0 Å². The number of benzene rings is 1. The Bertz CT molecular complexity index is 467. The molecule has 1 N–H and O–H groups in total. The molecule has 0 radical (unpaired) electrons. The van der Waals surface area contributed by atoms with Crippen molar-refractivity contribution in [2.45, 2.75) is 38.3 Å². The van der Waals surface area contributed by atoms with Crippen molar-refractivity contribution in [1.29, 1.82) is 0 Å². The third kappa shape index (κ3) is 3.58. The van der Waals surface area contributed by atoms with Crippen LogP contribution in [0.4, 0.5) is 11.4 Å². The van der Waals surface area contributed by atoms with Crippen LogP contribution in [0.5, 0.6) is 0 Å². The van der Waals surface area contributed by atoms with Crippen molar-refractivity contribution >= 4 is 23.0 Å². The molecule has 19 heavy (non-hydrogen) atoms. The minimum absolute atomic E-state index is 0.0204. The number of anilines is 1. The largest absolute Gasteiger partial charge is 0.378 e. The van der Waals surface area contributed by atoms with Gasteiger partial charge in [-0.05, 0) is 31.4 Å². The average Bonchev–Trinajstić information content (AvgIpc) is 2.41. The molecule has 0 aromatic heterocycles. The molecule has 0 bridgehead atoms. The van der Waals surface area contributed by atoms with Crippen molar-refractivity contribution in [3.8, 4) is 0 Å². The van der Waals surface area contributed by atoms with E-state index in [2.05, 4.69) is 12.2 Å². The Morgan fingerprint density at radius 1 is 1.58 bits per heavy atom. The Kier molecular flexibility index (Phi) is 4.61. The Morgan fingerprint density at radius 2 is 2.37 bits per heavy atom. The fraction of sp³-hybridized carbons (Fsp3) is 0.538. The molecule has 1 aromatic rings. The van der Waals surface area contributed by atoms with Crippen LogP contribution in [0.1, 0.15) is 26.2 Å². The summed E-state index contributed by atoms with van der Waals surface area (Å²) in [5.74, 6) is 0. The summed E-state index contributed by atoms with van der Waals surface area (Å²) < 4.78 is 5.60. The fourth-order valence-electron chi connectivity index (χ4n) is 2.29. The number of rotatable bonds is 4. The molecule has 2 unspecified atom stereocenters. The van der Waals surface area contributed by atoms with E-state index in [0.29, 0.717) is 17.3 Å². The molecule has 0 saturated carbocycles. The van der Waals surface area contributed by atoms with E-state index in [-0.39, 0.29) is 17.8 Å². The van der Waals surface area contributed by atoms with Gasteiger partial charge in [-0.15, -0.1) is 0 Å². The molecule has 0 amide bonds. The van der Waals surface area contributed by atoms with Crippen molar-refractivity contribution in [1.82, 2.24) is 0 Å². The molecule has 0 aliphatic carbocycles. The van der Waals surface area contributed by atoms with Crippen molar-refractivity contribution in [3.05, 3.63) is 33.3 Å². The molecule has 104 valence electrons. The minimum atomic E-state index is -0.412. The molecule has 5 nitrogen and oxygen atoms in total. The van der Waals surface area contributed by atoms with Crippen LogP contribution < -0.4 is 5.32 Å². The van der Waals surface area contributed by atoms with Crippen molar-refractivity contribution in [3.63, 3.8) is 0 Å². The van der Waals surface area contributed by atoms with Crippen LogP contribution in [0.2, 0.25) is 5.02 Å². The first-order chi connectivity index (χ1) is 9.10. The molecule has 1 aliphatic heterocycles. The third-order valence-electron chi connectivity index (χ3n) is 3.34. The molecule has 1 heterocycles. The highest BCUT2D eigenvalue weighted by molar-refractivity contribution is 6.30. The summed E-state index contributed by atoms with van der Waals surface area (Å²) in [6.07, 6.45) is 2.92. The molecule has 6 heteroatoms. The molecular formula is C13H17ClN2O3. The zero-order valence-electron chi connectivity index (χ0n) is 10.8. The number of nitrogens with one attached hydrogen (secondary N) is 1. The highest BCUT2D eigenvalue weighted by Crippen LogP contribution is 2.30. The molecule has 1 aliphatic rings. The van der Waals surface area contributed by atoms with Gasteiger partial charge in [-0.1, -0.05) is 18.5 Å². The molecular weight excluding hydrogens is 268 g/mol. The Balaban J connectivity index is 2.12. The van der Waals surface area contributed by atoms with Gasteiger partial charge in [0.1, 0.15) is 5.69 Å². The second-order valence-electron chi connectivity index (χ2n) is 4.69. The number of nitro benzene ring substituents is 1. The van der Waals surface area contributed by atoms with Crippen LogP contribution in [-0.2, 0) is 4.74 Å². The maximum Gasteiger partial charge on any atom is 0.293 e. The molecule has 2 atom stereocenters. The highest BCUT2D eigenvalue weighted by Gasteiger charge is 2.23. The second-order valence-corrected chi connectivity index (χ2v) is 5.12. The average molecular weight is 285 g/mol. The Hall–Kier alpha value is -1.33. The summed E-state index contributed by atoms with van der Waals surface area (Å²) in [5, 5.41) is 14.6. The van der Waals surface area contributed by atoms with Gasteiger partial charge < -0.3 is 10.1 Å². The molecule has 2 rings (SSSR count). The summed E-state index contributed by atoms with van der Waals surface area (Å²) >= 11 is 5.80. The summed E-state index contributed by atoms with van der Waals surface area (Å²) in [6.45, 7) is 2.77. The lowest BCUT2D eigenvalue weighted by atomic mass is 10.0. The standard InChI is InChI=1S/C13H17ClN2O3/c1-2-11-8-10(5-6-19-11)15-12-4-3-9(14)7-13(12)16(17)18/h3-4,7,10-11,15H,2,5-6,8H2,1H3. The summed E-state index contributed by atoms with van der Waals surface area (Å²) in [5.41, 5.74) is 0.545. The summed E-state index contributed by atoms with van der Waals surface area (Å²) in [6, 6.07) is 4.91.